The van der Waals surface area contributed by atoms with E-state index < -0.39 is 34.3 Å². The molecule has 8 nitrogen and oxygen atoms in total. The van der Waals surface area contributed by atoms with Crippen LogP contribution in [0.4, 0.5) is 10.1 Å². The number of benzene rings is 4. The maximum absolute atomic E-state index is 14.5. The number of hydrogen-bond acceptors (Lipinski definition) is 6. The first-order chi connectivity index (χ1) is 22.7. The lowest BCUT2D eigenvalue weighted by Gasteiger charge is -2.34. The topological polar surface area (TPSA) is 96.0 Å². The summed E-state index contributed by atoms with van der Waals surface area (Å²) in [6.07, 6.45) is 2.77. The number of anilines is 1. The van der Waals surface area contributed by atoms with E-state index in [2.05, 4.69) is 5.32 Å². The highest BCUT2D eigenvalue weighted by Gasteiger charge is 2.34. The molecule has 2 amide bonds. The molecule has 0 unspecified atom stereocenters. The summed E-state index contributed by atoms with van der Waals surface area (Å²) in [5.41, 5.74) is 1.67. The molecule has 1 atom stereocenters. The zero-order valence-electron chi connectivity index (χ0n) is 26.8. The van der Waals surface area contributed by atoms with Gasteiger partial charge < -0.3 is 15.0 Å². The number of carbonyl (C=O) groups excluding carboxylic acids is 2. The average molecular weight is 678 g/mol. The lowest BCUT2D eigenvalue weighted by Crippen LogP contribution is -2.53. The summed E-state index contributed by atoms with van der Waals surface area (Å²) in [4.78, 5) is 30.5. The van der Waals surface area contributed by atoms with Gasteiger partial charge in [0.2, 0.25) is 11.8 Å². The van der Waals surface area contributed by atoms with Crippen LogP contribution in [0.3, 0.4) is 0 Å². The Labute approximate surface area is 281 Å². The Morgan fingerprint density at radius 3 is 2.13 bits per heavy atom. The molecule has 0 aliphatic heterocycles. The van der Waals surface area contributed by atoms with Gasteiger partial charge in [-0.2, -0.15) is 0 Å². The minimum absolute atomic E-state index is 0.0172. The van der Waals surface area contributed by atoms with Gasteiger partial charge in [0.05, 0.1) is 17.2 Å². The molecule has 0 aromatic heterocycles. The predicted molar refractivity (Wildman–Crippen MR) is 185 cm³/mol. The summed E-state index contributed by atoms with van der Waals surface area (Å²) in [5, 5.41) is 2.91. The smallest absolute Gasteiger partial charge is 0.264 e. The molecule has 4 aromatic carbocycles. The molecule has 248 valence electrons. The molecule has 0 saturated heterocycles. The molecule has 0 saturated carbocycles. The van der Waals surface area contributed by atoms with Gasteiger partial charge in [-0.25, -0.2) is 12.8 Å². The molecule has 0 bridgehead atoms. The minimum Gasteiger partial charge on any atom is -0.494 e. The third-order valence-electron chi connectivity index (χ3n) is 7.45. The SMILES string of the molecule is CCCNC(=O)[C@@H](Cc1ccccc1)N(Cc1ccc(F)cc1)C(=O)CN(c1ccc(OCC)cc1)S(=O)(=O)c1ccc(SC)cc1. The van der Waals surface area contributed by atoms with E-state index in [-0.39, 0.29) is 29.5 Å². The quantitative estimate of drug-likeness (QED) is 0.140. The first-order valence-electron chi connectivity index (χ1n) is 15.4. The van der Waals surface area contributed by atoms with Crippen LogP contribution in [0.25, 0.3) is 0 Å². The third kappa shape index (κ3) is 9.59. The van der Waals surface area contributed by atoms with Crippen LogP contribution < -0.4 is 14.4 Å². The number of hydrogen-bond donors (Lipinski definition) is 1. The molecule has 11 heteroatoms. The van der Waals surface area contributed by atoms with Gasteiger partial charge in [0.15, 0.2) is 0 Å². The monoisotopic (exact) mass is 677 g/mol. The highest BCUT2D eigenvalue weighted by molar-refractivity contribution is 7.98. The van der Waals surface area contributed by atoms with Crippen molar-refractivity contribution in [3.8, 4) is 5.75 Å². The number of ether oxygens (including phenoxy) is 1. The van der Waals surface area contributed by atoms with Gasteiger partial charge in [0.1, 0.15) is 24.2 Å². The Morgan fingerprint density at radius 2 is 1.53 bits per heavy atom. The van der Waals surface area contributed by atoms with Gasteiger partial charge in [-0.1, -0.05) is 49.4 Å². The van der Waals surface area contributed by atoms with Crippen molar-refractivity contribution in [2.75, 3.05) is 30.3 Å². The van der Waals surface area contributed by atoms with Crippen LogP contribution >= 0.6 is 11.8 Å². The molecule has 4 aromatic rings. The lowest BCUT2D eigenvalue weighted by atomic mass is 10.0. The van der Waals surface area contributed by atoms with Crippen molar-refractivity contribution in [1.82, 2.24) is 10.2 Å². The summed E-state index contributed by atoms with van der Waals surface area (Å²) in [5.74, 6) is -0.847. The van der Waals surface area contributed by atoms with Gasteiger partial charge in [0.25, 0.3) is 10.0 Å². The van der Waals surface area contributed by atoms with Crippen molar-refractivity contribution in [2.24, 2.45) is 0 Å². The van der Waals surface area contributed by atoms with E-state index in [0.717, 1.165) is 14.8 Å². The number of halogens is 1. The highest BCUT2D eigenvalue weighted by atomic mass is 32.2. The van der Waals surface area contributed by atoms with Crippen LogP contribution in [-0.2, 0) is 32.6 Å². The van der Waals surface area contributed by atoms with Gasteiger partial charge in [-0.3, -0.25) is 13.9 Å². The van der Waals surface area contributed by atoms with Crippen LogP contribution in [0.2, 0.25) is 0 Å². The number of sulfonamides is 1. The maximum atomic E-state index is 14.5. The molecular formula is C36H40FN3O5S2. The second-order valence-corrected chi connectivity index (χ2v) is 13.5. The molecule has 47 heavy (non-hydrogen) atoms. The van der Waals surface area contributed by atoms with E-state index >= 15 is 0 Å². The fourth-order valence-electron chi connectivity index (χ4n) is 4.99. The number of rotatable bonds is 16. The fraction of sp³-hybridized carbons (Fsp3) is 0.278. The van der Waals surface area contributed by atoms with Gasteiger partial charge in [-0.05, 0) is 91.4 Å². The van der Waals surface area contributed by atoms with Crippen LogP contribution in [0, 0.1) is 5.82 Å². The van der Waals surface area contributed by atoms with Crippen LogP contribution in [0.1, 0.15) is 31.4 Å². The Hall–Kier alpha value is -4.35. The van der Waals surface area contributed by atoms with Crippen molar-refractivity contribution in [2.45, 2.75) is 49.1 Å². The van der Waals surface area contributed by atoms with Crippen molar-refractivity contribution in [3.05, 3.63) is 120 Å². The first-order valence-corrected chi connectivity index (χ1v) is 18.1. The number of thioether (sulfide) groups is 1. The molecule has 1 N–H and O–H groups in total. The normalized spacial score (nSPS) is 11.8. The van der Waals surface area contributed by atoms with E-state index in [0.29, 0.717) is 30.9 Å². The molecule has 0 aliphatic carbocycles. The number of amides is 2. The Bertz CT molecular complexity index is 1700. The van der Waals surface area contributed by atoms with Gasteiger partial charge >= 0.3 is 0 Å². The Morgan fingerprint density at radius 1 is 0.872 bits per heavy atom. The third-order valence-corrected chi connectivity index (χ3v) is 9.98. The van der Waals surface area contributed by atoms with Crippen molar-refractivity contribution in [3.63, 3.8) is 0 Å². The molecule has 0 radical (unpaired) electrons. The number of carbonyl (C=O) groups is 2. The maximum Gasteiger partial charge on any atom is 0.264 e. The first kappa shape index (κ1) is 35.5. The van der Waals surface area contributed by atoms with Gasteiger partial charge in [0, 0.05) is 24.4 Å². The minimum atomic E-state index is -4.24. The van der Waals surface area contributed by atoms with Gasteiger partial charge in [-0.15, -0.1) is 11.8 Å². The number of nitrogens with one attached hydrogen (secondary N) is 1. The van der Waals surface area contributed by atoms with E-state index in [1.165, 1.54) is 40.9 Å². The second kappa shape index (κ2) is 17.0. The van der Waals surface area contributed by atoms with E-state index in [1.807, 2.05) is 50.4 Å². The highest BCUT2D eigenvalue weighted by Crippen LogP contribution is 2.28. The lowest BCUT2D eigenvalue weighted by molar-refractivity contribution is -0.140. The average Bonchev–Trinajstić information content (AvgIpc) is 3.09. The van der Waals surface area contributed by atoms with E-state index in [1.54, 1.807) is 48.5 Å². The zero-order chi connectivity index (χ0) is 33.8. The molecular weight excluding hydrogens is 638 g/mol. The van der Waals surface area contributed by atoms with E-state index in [4.69, 9.17) is 4.74 Å². The largest absolute Gasteiger partial charge is 0.494 e. The standard InChI is InChI=1S/C36H40FN3O5S2/c1-4-23-38-36(42)34(24-27-9-7-6-8-10-27)39(25-28-11-13-29(37)14-12-28)35(41)26-40(30-15-17-31(18-16-30)45-5-2)47(43,44)33-21-19-32(46-3)20-22-33/h6-22,34H,4-5,23-26H2,1-3H3,(H,38,42)/t34-/m1/s1. The predicted octanol–water partition coefficient (Wildman–Crippen LogP) is 6.31. The Kier molecular flexibility index (Phi) is 12.8. The summed E-state index contributed by atoms with van der Waals surface area (Å²) in [7, 11) is -4.24. The van der Waals surface area contributed by atoms with Crippen molar-refractivity contribution >= 4 is 39.3 Å². The van der Waals surface area contributed by atoms with Crippen LogP contribution in [-0.4, -0.2) is 57.1 Å². The summed E-state index contributed by atoms with van der Waals surface area (Å²) < 4.78 is 48.9. The molecule has 0 fully saturated rings. The molecule has 0 heterocycles. The molecule has 4 rings (SSSR count). The number of nitrogens with zero attached hydrogens (tertiary/aromatic N) is 2. The van der Waals surface area contributed by atoms with Crippen molar-refractivity contribution < 1.29 is 27.1 Å². The van der Waals surface area contributed by atoms with E-state index in [9.17, 15) is 22.4 Å². The summed E-state index contributed by atoms with van der Waals surface area (Å²) >= 11 is 1.48. The second-order valence-electron chi connectivity index (χ2n) is 10.8. The Balaban J connectivity index is 1.79. The summed E-state index contributed by atoms with van der Waals surface area (Å²) in [6.45, 7) is 3.98. The van der Waals surface area contributed by atoms with Crippen LogP contribution in [0.5, 0.6) is 5.75 Å². The molecule has 0 spiro atoms. The molecule has 0 aliphatic rings. The van der Waals surface area contributed by atoms with Crippen molar-refractivity contribution in [1.29, 1.82) is 0 Å². The zero-order valence-corrected chi connectivity index (χ0v) is 28.4. The fourth-order valence-corrected chi connectivity index (χ4v) is 6.81. The van der Waals surface area contributed by atoms with Crippen LogP contribution in [0.15, 0.2) is 113 Å². The summed E-state index contributed by atoms with van der Waals surface area (Å²) in [6, 6.07) is 26.9.